The third kappa shape index (κ3) is 7.90. The van der Waals surface area contributed by atoms with Gasteiger partial charge in [-0.3, -0.25) is 4.99 Å². The Morgan fingerprint density at radius 2 is 1.76 bits per heavy atom. The third-order valence-corrected chi connectivity index (χ3v) is 5.81. The summed E-state index contributed by atoms with van der Waals surface area (Å²) in [7, 11) is 1.83. The Morgan fingerprint density at radius 3 is 2.38 bits per heavy atom. The number of hydrogen-bond acceptors (Lipinski definition) is 5. The van der Waals surface area contributed by atoms with E-state index in [-0.39, 0.29) is 24.0 Å². The molecule has 0 amide bonds. The van der Waals surface area contributed by atoms with Crippen LogP contribution in [0.25, 0.3) is 0 Å². The van der Waals surface area contributed by atoms with Gasteiger partial charge in [0.15, 0.2) is 5.96 Å². The van der Waals surface area contributed by atoms with Crippen molar-refractivity contribution in [2.75, 3.05) is 70.9 Å². The molecular formula is C21H38IN7. The molecule has 0 saturated carbocycles. The molecule has 0 atom stereocenters. The minimum atomic E-state index is 0. The fourth-order valence-corrected chi connectivity index (χ4v) is 3.92. The van der Waals surface area contributed by atoms with Gasteiger partial charge in [-0.2, -0.15) is 0 Å². The predicted octanol–water partition coefficient (Wildman–Crippen LogP) is 1.99. The van der Waals surface area contributed by atoms with Gasteiger partial charge in [-0.05, 0) is 44.1 Å². The predicted molar refractivity (Wildman–Crippen MR) is 132 cm³/mol. The van der Waals surface area contributed by atoms with Gasteiger partial charge in [0.05, 0.1) is 0 Å². The number of rotatable bonds is 7. The van der Waals surface area contributed by atoms with Gasteiger partial charge in [0.25, 0.3) is 0 Å². The molecule has 0 spiro atoms. The second-order valence-electron chi connectivity index (χ2n) is 7.70. The molecule has 1 aromatic rings. The van der Waals surface area contributed by atoms with Crippen molar-refractivity contribution in [1.82, 2.24) is 25.4 Å². The maximum atomic E-state index is 4.68. The number of anilines is 1. The summed E-state index contributed by atoms with van der Waals surface area (Å²) in [5.41, 5.74) is 1.18. The summed E-state index contributed by atoms with van der Waals surface area (Å²) >= 11 is 0. The molecule has 0 bridgehead atoms. The zero-order valence-electron chi connectivity index (χ0n) is 18.1. The number of likely N-dealkylation sites (N-methyl/N-ethyl adjacent to an activating group) is 1. The Morgan fingerprint density at radius 1 is 1.00 bits per heavy atom. The molecule has 1 aromatic heterocycles. The van der Waals surface area contributed by atoms with E-state index in [9.17, 15) is 0 Å². The summed E-state index contributed by atoms with van der Waals surface area (Å²) in [5, 5.41) is 6.82. The number of aromatic nitrogens is 1. The molecule has 8 heteroatoms. The van der Waals surface area contributed by atoms with E-state index in [1.54, 1.807) is 0 Å². The Balaban J connectivity index is 0.00000300. The lowest BCUT2D eigenvalue weighted by Crippen LogP contribution is -2.46. The zero-order valence-corrected chi connectivity index (χ0v) is 20.4. The highest BCUT2D eigenvalue weighted by Crippen LogP contribution is 2.14. The average Bonchev–Trinajstić information content (AvgIpc) is 2.77. The lowest BCUT2D eigenvalue weighted by molar-refractivity contribution is 0.232. The molecule has 3 heterocycles. The fraction of sp³-hybridized carbons (Fsp3) is 0.714. The monoisotopic (exact) mass is 515 g/mol. The van der Waals surface area contributed by atoms with Crippen LogP contribution in [-0.2, 0) is 6.54 Å². The largest absolute Gasteiger partial charge is 0.355 e. The first-order chi connectivity index (χ1) is 13.8. The highest BCUT2D eigenvalue weighted by atomic mass is 127. The van der Waals surface area contributed by atoms with Crippen LogP contribution in [0, 0.1) is 0 Å². The maximum Gasteiger partial charge on any atom is 0.191 e. The second kappa shape index (κ2) is 13.2. The minimum absolute atomic E-state index is 0. The average molecular weight is 515 g/mol. The second-order valence-corrected chi connectivity index (χ2v) is 7.70. The summed E-state index contributed by atoms with van der Waals surface area (Å²) in [6.07, 6.45) is 6.04. The van der Waals surface area contributed by atoms with Crippen molar-refractivity contribution in [2.45, 2.75) is 32.7 Å². The summed E-state index contributed by atoms with van der Waals surface area (Å²) in [6, 6.07) is 4.31. The molecule has 2 aliphatic rings. The topological polar surface area (TPSA) is 59.0 Å². The number of nitrogens with zero attached hydrogens (tertiary/aromatic N) is 5. The molecule has 2 saturated heterocycles. The van der Waals surface area contributed by atoms with E-state index >= 15 is 0 Å². The Kier molecular flexibility index (Phi) is 11.0. The van der Waals surface area contributed by atoms with E-state index in [0.717, 1.165) is 64.1 Å². The molecule has 2 aliphatic heterocycles. The number of nitrogens with one attached hydrogen (secondary N) is 2. The molecular weight excluding hydrogens is 477 g/mol. The molecule has 29 heavy (non-hydrogen) atoms. The first kappa shape index (κ1) is 24.1. The minimum Gasteiger partial charge on any atom is -0.355 e. The quantitative estimate of drug-likeness (QED) is 0.329. The van der Waals surface area contributed by atoms with Crippen molar-refractivity contribution in [1.29, 1.82) is 0 Å². The maximum absolute atomic E-state index is 4.68. The van der Waals surface area contributed by atoms with Crippen LogP contribution < -0.4 is 15.5 Å². The van der Waals surface area contributed by atoms with Crippen LogP contribution in [0.4, 0.5) is 5.82 Å². The molecule has 3 rings (SSSR count). The van der Waals surface area contributed by atoms with E-state index < -0.39 is 0 Å². The van der Waals surface area contributed by atoms with Gasteiger partial charge in [-0.15, -0.1) is 24.0 Å². The van der Waals surface area contributed by atoms with Crippen LogP contribution in [0.3, 0.4) is 0 Å². The van der Waals surface area contributed by atoms with Crippen molar-refractivity contribution in [2.24, 2.45) is 4.99 Å². The normalized spacial score (nSPS) is 19.0. The van der Waals surface area contributed by atoms with Gasteiger partial charge in [-0.1, -0.05) is 19.4 Å². The molecule has 0 aliphatic carbocycles. The number of guanidine groups is 1. The van der Waals surface area contributed by atoms with Crippen molar-refractivity contribution in [3.63, 3.8) is 0 Å². The molecule has 7 nitrogen and oxygen atoms in total. The van der Waals surface area contributed by atoms with Crippen molar-refractivity contribution in [3.8, 4) is 0 Å². The van der Waals surface area contributed by atoms with E-state index in [1.165, 1.54) is 37.9 Å². The molecule has 2 N–H and O–H groups in total. The Hall–Kier alpha value is -1.13. The third-order valence-electron chi connectivity index (χ3n) is 5.81. The van der Waals surface area contributed by atoms with Crippen LogP contribution in [-0.4, -0.2) is 86.7 Å². The van der Waals surface area contributed by atoms with Gasteiger partial charge < -0.3 is 25.3 Å². The van der Waals surface area contributed by atoms with Crippen LogP contribution in [0.5, 0.6) is 0 Å². The first-order valence-electron chi connectivity index (χ1n) is 10.9. The van der Waals surface area contributed by atoms with Crippen LogP contribution in [0.15, 0.2) is 23.3 Å². The van der Waals surface area contributed by atoms with Crippen LogP contribution >= 0.6 is 24.0 Å². The standard InChI is InChI=1S/C21H37N7.HI/c1-3-26-13-15-28(16-14-26)20-8-7-19(17-24-20)18-25-21(22-2)23-9-12-27-10-5-4-6-11-27;/h7-8,17H,3-6,9-16,18H2,1-2H3,(H2,22,23,25);1H. The van der Waals surface area contributed by atoms with E-state index in [2.05, 4.69) is 54.4 Å². The van der Waals surface area contributed by atoms with Crippen molar-refractivity contribution < 1.29 is 0 Å². The summed E-state index contributed by atoms with van der Waals surface area (Å²) in [4.78, 5) is 16.4. The number of hydrogen-bond donors (Lipinski definition) is 2. The summed E-state index contributed by atoms with van der Waals surface area (Å²) in [6.45, 7) is 13.0. The Labute approximate surface area is 193 Å². The lowest BCUT2D eigenvalue weighted by atomic mass is 10.1. The van der Waals surface area contributed by atoms with E-state index in [1.807, 2.05) is 13.2 Å². The molecule has 2 fully saturated rings. The van der Waals surface area contributed by atoms with Gasteiger partial charge >= 0.3 is 0 Å². The number of piperidine rings is 1. The summed E-state index contributed by atoms with van der Waals surface area (Å²) in [5.74, 6) is 1.94. The van der Waals surface area contributed by atoms with Gasteiger partial charge in [-0.25, -0.2) is 4.98 Å². The number of piperazine rings is 1. The van der Waals surface area contributed by atoms with E-state index in [0.29, 0.717) is 0 Å². The van der Waals surface area contributed by atoms with Gasteiger partial charge in [0.2, 0.25) is 0 Å². The molecule has 0 aromatic carbocycles. The van der Waals surface area contributed by atoms with Gasteiger partial charge in [0.1, 0.15) is 5.82 Å². The van der Waals surface area contributed by atoms with Crippen molar-refractivity contribution in [3.05, 3.63) is 23.9 Å². The van der Waals surface area contributed by atoms with Crippen LogP contribution in [0.1, 0.15) is 31.7 Å². The molecule has 0 unspecified atom stereocenters. The highest BCUT2D eigenvalue weighted by Gasteiger charge is 2.16. The zero-order chi connectivity index (χ0) is 19.6. The number of halogens is 1. The molecule has 164 valence electrons. The summed E-state index contributed by atoms with van der Waals surface area (Å²) < 4.78 is 0. The van der Waals surface area contributed by atoms with Gasteiger partial charge in [0, 0.05) is 59.1 Å². The highest BCUT2D eigenvalue weighted by molar-refractivity contribution is 14.0. The lowest BCUT2D eigenvalue weighted by Gasteiger charge is -2.34. The first-order valence-corrected chi connectivity index (χ1v) is 10.9. The smallest absolute Gasteiger partial charge is 0.191 e. The number of likely N-dealkylation sites (tertiary alicyclic amines) is 1. The number of aliphatic imine (C=N–C) groups is 1. The SMILES string of the molecule is CCN1CCN(c2ccc(CNC(=NC)NCCN3CCCCC3)cn2)CC1.I. The number of pyridine rings is 1. The fourth-order valence-electron chi connectivity index (χ4n) is 3.92. The van der Waals surface area contributed by atoms with Crippen molar-refractivity contribution >= 4 is 35.8 Å². The van der Waals surface area contributed by atoms with E-state index in [4.69, 9.17) is 0 Å². The Bertz CT molecular complexity index is 594. The van der Waals surface area contributed by atoms with Crippen LogP contribution in [0.2, 0.25) is 0 Å². The molecule has 0 radical (unpaired) electrons.